The highest BCUT2D eigenvalue weighted by Gasteiger charge is 2.53. The van der Waals surface area contributed by atoms with Gasteiger partial charge in [0.1, 0.15) is 23.6 Å². The maximum Gasteiger partial charge on any atom is 0.191 e. The number of nitrogens with one attached hydrogen (secondary N) is 1. The van der Waals surface area contributed by atoms with Crippen molar-refractivity contribution in [3.63, 3.8) is 0 Å². The molecule has 0 spiro atoms. The molecule has 2 aliphatic heterocycles. The summed E-state index contributed by atoms with van der Waals surface area (Å²) in [7, 11) is 0. The maximum absolute atomic E-state index is 10.8. The summed E-state index contributed by atoms with van der Waals surface area (Å²) >= 11 is 1.40. The van der Waals surface area contributed by atoms with Gasteiger partial charge in [0.2, 0.25) is 0 Å². The normalized spacial score (nSPS) is 31.3. The van der Waals surface area contributed by atoms with Crippen LogP contribution in [0.25, 0.3) is 11.0 Å². The number of aliphatic hydroxyl groups is 3. The quantitative estimate of drug-likeness (QED) is 0.452. The average Bonchev–Trinajstić information content (AvgIpc) is 2.96. The molecule has 4 N–H and O–H groups in total. The van der Waals surface area contributed by atoms with Crippen LogP contribution >= 0.6 is 11.8 Å². The number of nitrogens with zero attached hydrogens (tertiary/aromatic N) is 4. The van der Waals surface area contributed by atoms with Crippen molar-refractivity contribution in [3.8, 4) is 0 Å². The van der Waals surface area contributed by atoms with E-state index in [9.17, 15) is 15.3 Å². The SMILES string of the molecule is CSc1nc2c3c(cn([C@@H]4O[C@H](CO)[C@@H](O)[C@@]4(C)O)c3n1)N=CCN2. The second kappa shape index (κ2) is 5.92. The van der Waals surface area contributed by atoms with Crippen molar-refractivity contribution in [3.05, 3.63) is 6.20 Å². The first kappa shape index (κ1) is 16.7. The molecule has 4 atom stereocenters. The summed E-state index contributed by atoms with van der Waals surface area (Å²) in [6.07, 6.45) is 2.32. The lowest BCUT2D eigenvalue weighted by molar-refractivity contribution is -0.0948. The molecule has 0 bridgehead atoms. The van der Waals surface area contributed by atoms with Crippen LogP contribution in [-0.2, 0) is 4.74 Å². The summed E-state index contributed by atoms with van der Waals surface area (Å²) < 4.78 is 7.38. The average molecular weight is 365 g/mol. The number of aliphatic hydroxyl groups excluding tert-OH is 2. The number of anilines is 1. The predicted molar refractivity (Wildman–Crippen MR) is 93.6 cm³/mol. The lowest BCUT2D eigenvalue weighted by Gasteiger charge is -2.27. The van der Waals surface area contributed by atoms with Crippen LogP contribution in [0.4, 0.5) is 11.5 Å². The molecule has 4 heterocycles. The Morgan fingerprint density at radius 3 is 2.96 bits per heavy atom. The van der Waals surface area contributed by atoms with Crippen molar-refractivity contribution in [1.29, 1.82) is 0 Å². The van der Waals surface area contributed by atoms with Crippen molar-refractivity contribution in [2.24, 2.45) is 4.99 Å². The molecule has 134 valence electrons. The lowest BCUT2D eigenvalue weighted by Crippen LogP contribution is -2.44. The minimum absolute atomic E-state index is 0.393. The van der Waals surface area contributed by atoms with Crippen LogP contribution in [0.1, 0.15) is 13.2 Å². The molecule has 0 aliphatic carbocycles. The van der Waals surface area contributed by atoms with Gasteiger partial charge in [-0.2, -0.15) is 0 Å². The molecule has 1 saturated heterocycles. The first-order chi connectivity index (χ1) is 12.0. The Morgan fingerprint density at radius 2 is 2.28 bits per heavy atom. The number of ether oxygens (including phenoxy) is 1. The predicted octanol–water partition coefficient (Wildman–Crippen LogP) is 0.283. The van der Waals surface area contributed by atoms with Crippen LogP contribution in [0.2, 0.25) is 0 Å². The second-order valence-electron chi connectivity index (χ2n) is 6.25. The molecular formula is C15H19N5O4S. The number of aromatic nitrogens is 3. The van der Waals surface area contributed by atoms with Gasteiger partial charge in [-0.1, -0.05) is 11.8 Å². The van der Waals surface area contributed by atoms with Gasteiger partial charge >= 0.3 is 0 Å². The highest BCUT2D eigenvalue weighted by molar-refractivity contribution is 7.98. The summed E-state index contributed by atoms with van der Waals surface area (Å²) in [4.78, 5) is 13.5. The van der Waals surface area contributed by atoms with Gasteiger partial charge < -0.3 is 29.9 Å². The van der Waals surface area contributed by atoms with Gasteiger partial charge in [0.05, 0.1) is 24.2 Å². The molecule has 0 aromatic carbocycles. The number of hydrogen-bond donors (Lipinski definition) is 4. The van der Waals surface area contributed by atoms with Gasteiger partial charge in [0, 0.05) is 12.4 Å². The fourth-order valence-electron chi connectivity index (χ4n) is 3.28. The third-order valence-corrected chi connectivity index (χ3v) is 5.14. The van der Waals surface area contributed by atoms with Crippen molar-refractivity contribution in [2.45, 2.75) is 36.1 Å². The largest absolute Gasteiger partial charge is 0.394 e. The fourth-order valence-corrected chi connectivity index (χ4v) is 3.64. The Morgan fingerprint density at radius 1 is 1.48 bits per heavy atom. The molecule has 2 aromatic heterocycles. The smallest absolute Gasteiger partial charge is 0.191 e. The van der Waals surface area contributed by atoms with Crippen LogP contribution in [0, 0.1) is 0 Å². The molecule has 4 rings (SSSR count). The van der Waals surface area contributed by atoms with Crippen LogP contribution in [0.15, 0.2) is 16.3 Å². The highest BCUT2D eigenvalue weighted by Crippen LogP contribution is 2.43. The summed E-state index contributed by atoms with van der Waals surface area (Å²) in [5.41, 5.74) is -0.390. The van der Waals surface area contributed by atoms with Gasteiger partial charge in [-0.25, -0.2) is 9.97 Å². The first-order valence-corrected chi connectivity index (χ1v) is 9.09. The fraction of sp³-hybridized carbons (Fsp3) is 0.533. The van der Waals surface area contributed by atoms with Crippen LogP contribution in [0.5, 0.6) is 0 Å². The zero-order valence-corrected chi connectivity index (χ0v) is 14.6. The molecule has 0 radical (unpaired) electrons. The molecule has 0 saturated carbocycles. The Labute approximate surface area is 147 Å². The molecule has 25 heavy (non-hydrogen) atoms. The van der Waals surface area contributed by atoms with E-state index < -0.39 is 30.6 Å². The number of hydrogen-bond acceptors (Lipinski definition) is 9. The van der Waals surface area contributed by atoms with Crippen LogP contribution in [-0.4, -0.2) is 73.3 Å². The summed E-state index contributed by atoms with van der Waals surface area (Å²) in [6, 6.07) is 0. The number of rotatable bonds is 3. The Hall–Kier alpha value is -1.72. The Bertz CT molecular complexity index is 852. The van der Waals surface area contributed by atoms with E-state index in [4.69, 9.17) is 4.74 Å². The van der Waals surface area contributed by atoms with E-state index in [2.05, 4.69) is 20.3 Å². The van der Waals surface area contributed by atoms with E-state index in [1.54, 1.807) is 17.0 Å². The summed E-state index contributed by atoms with van der Waals surface area (Å²) in [5.74, 6) is 0.664. The van der Waals surface area contributed by atoms with Gasteiger partial charge in [-0.3, -0.25) is 4.99 Å². The molecule has 2 aliphatic rings. The van der Waals surface area contributed by atoms with Crippen molar-refractivity contribution in [2.75, 3.05) is 24.7 Å². The van der Waals surface area contributed by atoms with E-state index >= 15 is 0 Å². The van der Waals surface area contributed by atoms with Crippen molar-refractivity contribution < 1.29 is 20.1 Å². The zero-order valence-electron chi connectivity index (χ0n) is 13.7. The summed E-state index contributed by atoms with van der Waals surface area (Å²) in [5, 5.41) is 34.9. The maximum atomic E-state index is 10.8. The standard InChI is InChI=1S/C15H19N5O4S/c1-15(23)10(22)8(6-21)24-13(15)20-5-7-9-11(17-4-3-16-7)18-14(25-2)19-12(9)20/h3,5,8,10,13,21-23H,4,6H2,1-2H3,(H,17,18,19)/t8-,10-,13-,15-/m1/s1. The van der Waals surface area contributed by atoms with Gasteiger partial charge in [-0.15, -0.1) is 0 Å². The van der Waals surface area contributed by atoms with Gasteiger partial charge in [0.25, 0.3) is 0 Å². The van der Waals surface area contributed by atoms with E-state index in [0.717, 1.165) is 5.39 Å². The zero-order chi connectivity index (χ0) is 17.8. The minimum Gasteiger partial charge on any atom is -0.394 e. The minimum atomic E-state index is -1.59. The highest BCUT2D eigenvalue weighted by atomic mass is 32.2. The van der Waals surface area contributed by atoms with E-state index in [1.807, 2.05) is 6.26 Å². The molecular weight excluding hydrogens is 346 g/mol. The van der Waals surface area contributed by atoms with Gasteiger partial charge in [0.15, 0.2) is 17.0 Å². The lowest BCUT2D eigenvalue weighted by atomic mass is 9.96. The van der Waals surface area contributed by atoms with Crippen molar-refractivity contribution >= 4 is 40.5 Å². The number of thioether (sulfide) groups is 1. The van der Waals surface area contributed by atoms with Crippen molar-refractivity contribution in [1.82, 2.24) is 14.5 Å². The molecule has 2 aromatic rings. The van der Waals surface area contributed by atoms with Gasteiger partial charge in [-0.05, 0) is 13.2 Å². The first-order valence-electron chi connectivity index (χ1n) is 7.87. The van der Waals surface area contributed by atoms with E-state index in [-0.39, 0.29) is 0 Å². The number of aliphatic imine (C=N–C) groups is 1. The second-order valence-corrected chi connectivity index (χ2v) is 7.03. The molecule has 9 nitrogen and oxygen atoms in total. The molecule has 0 amide bonds. The van der Waals surface area contributed by atoms with E-state index in [0.29, 0.717) is 28.9 Å². The van der Waals surface area contributed by atoms with Crippen LogP contribution < -0.4 is 5.32 Å². The Kier molecular flexibility index (Phi) is 3.96. The third-order valence-electron chi connectivity index (χ3n) is 4.59. The topological polar surface area (TPSA) is 125 Å². The summed E-state index contributed by atoms with van der Waals surface area (Å²) in [6.45, 7) is 1.64. The van der Waals surface area contributed by atoms with Crippen LogP contribution in [0.3, 0.4) is 0 Å². The van der Waals surface area contributed by atoms with E-state index in [1.165, 1.54) is 18.7 Å². The third kappa shape index (κ3) is 2.44. The molecule has 10 heteroatoms. The Balaban J connectivity index is 1.93. The molecule has 0 unspecified atom stereocenters. The molecule has 1 fully saturated rings. The monoisotopic (exact) mass is 365 g/mol.